The minimum Gasteiger partial charge on any atom is -0.348 e. The second kappa shape index (κ2) is 8.57. The van der Waals surface area contributed by atoms with Gasteiger partial charge in [0, 0.05) is 0 Å². The number of sulfonamides is 1. The molecule has 0 aromatic heterocycles. The lowest BCUT2D eigenvalue weighted by Gasteiger charge is -2.31. The van der Waals surface area contributed by atoms with E-state index in [0.717, 1.165) is 22.9 Å². The molecule has 146 valence electrons. The van der Waals surface area contributed by atoms with Crippen molar-refractivity contribution in [3.8, 4) is 0 Å². The number of aryl methyl sites for hydroxylation is 2. The average Bonchev–Trinajstić information content (AvgIpc) is 2.58. The molecule has 5 nitrogen and oxygen atoms in total. The molecule has 2 atom stereocenters. The Morgan fingerprint density at radius 1 is 1.07 bits per heavy atom. The molecule has 0 saturated heterocycles. The van der Waals surface area contributed by atoms with Crippen LogP contribution in [0, 0.1) is 13.8 Å². The Balaban J connectivity index is 2.36. The molecule has 0 unspecified atom stereocenters. The maximum Gasteiger partial charge on any atom is 0.244 e. The van der Waals surface area contributed by atoms with Crippen molar-refractivity contribution in [1.29, 1.82) is 0 Å². The third-order valence-electron chi connectivity index (χ3n) is 4.45. The van der Waals surface area contributed by atoms with Gasteiger partial charge in [0.05, 0.1) is 18.0 Å². The fraction of sp³-hybridized carbons (Fsp3) is 0.381. The first-order chi connectivity index (χ1) is 12.6. The summed E-state index contributed by atoms with van der Waals surface area (Å²) in [6.45, 7) is 7.53. The highest BCUT2D eigenvalue weighted by Crippen LogP contribution is 2.25. The van der Waals surface area contributed by atoms with Crippen LogP contribution in [0.2, 0.25) is 0 Å². The summed E-state index contributed by atoms with van der Waals surface area (Å²) >= 11 is 0. The number of carbonyl (C=O) groups excluding carboxylic acids is 1. The van der Waals surface area contributed by atoms with Crippen molar-refractivity contribution in [2.75, 3.05) is 10.6 Å². The van der Waals surface area contributed by atoms with Crippen molar-refractivity contribution in [1.82, 2.24) is 5.32 Å². The number of nitrogens with one attached hydrogen (secondary N) is 1. The van der Waals surface area contributed by atoms with Crippen LogP contribution in [0.4, 0.5) is 5.69 Å². The molecule has 0 radical (unpaired) electrons. The van der Waals surface area contributed by atoms with Gasteiger partial charge in [-0.05, 0) is 56.0 Å². The van der Waals surface area contributed by atoms with Gasteiger partial charge in [-0.15, -0.1) is 0 Å². The lowest BCUT2D eigenvalue weighted by atomic mass is 10.1. The van der Waals surface area contributed by atoms with E-state index >= 15 is 0 Å². The van der Waals surface area contributed by atoms with Crippen LogP contribution in [-0.4, -0.2) is 26.6 Å². The highest BCUT2D eigenvalue weighted by Gasteiger charge is 2.32. The van der Waals surface area contributed by atoms with Gasteiger partial charge in [0.1, 0.15) is 6.04 Å². The van der Waals surface area contributed by atoms with Crippen LogP contribution in [-0.2, 0) is 14.8 Å². The number of rotatable bonds is 7. The minimum atomic E-state index is -3.64. The molecule has 2 aromatic rings. The number of amides is 1. The molecular formula is C21H28N2O3S. The van der Waals surface area contributed by atoms with Crippen LogP contribution in [0.15, 0.2) is 48.5 Å². The zero-order chi connectivity index (χ0) is 20.2. The third kappa shape index (κ3) is 5.32. The SMILES string of the molecule is CC[C@H](C(=O)N[C@H](C)c1ccccc1)N(c1cc(C)cc(C)c1)S(C)(=O)=O. The quantitative estimate of drug-likeness (QED) is 0.786. The summed E-state index contributed by atoms with van der Waals surface area (Å²) in [5, 5.41) is 2.95. The zero-order valence-electron chi connectivity index (χ0n) is 16.6. The monoisotopic (exact) mass is 388 g/mol. The first-order valence-electron chi connectivity index (χ1n) is 9.06. The molecule has 0 saturated carbocycles. The normalized spacial score (nSPS) is 13.7. The predicted molar refractivity (Wildman–Crippen MR) is 110 cm³/mol. The molecule has 6 heteroatoms. The second-order valence-corrected chi connectivity index (χ2v) is 8.83. The molecule has 0 fully saturated rings. The zero-order valence-corrected chi connectivity index (χ0v) is 17.4. The van der Waals surface area contributed by atoms with E-state index < -0.39 is 16.1 Å². The summed E-state index contributed by atoms with van der Waals surface area (Å²) in [6, 6.07) is 14.1. The maximum atomic E-state index is 13.0. The Morgan fingerprint density at radius 3 is 2.11 bits per heavy atom. The summed E-state index contributed by atoms with van der Waals surface area (Å²) in [6.07, 6.45) is 1.51. The van der Waals surface area contributed by atoms with E-state index in [-0.39, 0.29) is 11.9 Å². The van der Waals surface area contributed by atoms with Crippen LogP contribution in [0.3, 0.4) is 0 Å². The Bertz CT molecular complexity index is 875. The molecule has 0 aliphatic rings. The Labute approximate surface area is 162 Å². The van der Waals surface area contributed by atoms with Crippen molar-refractivity contribution in [3.05, 3.63) is 65.2 Å². The molecule has 0 aliphatic heterocycles. The first kappa shape index (κ1) is 21.0. The van der Waals surface area contributed by atoms with Crippen LogP contribution in [0.5, 0.6) is 0 Å². The van der Waals surface area contributed by atoms with Gasteiger partial charge >= 0.3 is 0 Å². The first-order valence-corrected chi connectivity index (χ1v) is 10.9. The van der Waals surface area contributed by atoms with Crippen LogP contribution in [0.1, 0.15) is 43.0 Å². The topological polar surface area (TPSA) is 66.5 Å². The van der Waals surface area contributed by atoms with E-state index in [0.29, 0.717) is 12.1 Å². The molecule has 2 aromatic carbocycles. The van der Waals surface area contributed by atoms with Gasteiger partial charge < -0.3 is 5.32 Å². The van der Waals surface area contributed by atoms with E-state index in [1.807, 2.05) is 64.1 Å². The van der Waals surface area contributed by atoms with Crippen molar-refractivity contribution < 1.29 is 13.2 Å². The number of benzene rings is 2. The summed E-state index contributed by atoms with van der Waals surface area (Å²) in [4.78, 5) is 13.0. The molecule has 27 heavy (non-hydrogen) atoms. The standard InChI is InChI=1S/C21H28N2O3S/c1-6-20(21(24)22-17(4)18-10-8-7-9-11-18)23(27(5,25)26)19-13-15(2)12-16(3)14-19/h7-14,17,20H,6H2,1-5H3,(H,22,24)/t17-,20-/m1/s1. The summed E-state index contributed by atoms with van der Waals surface area (Å²) < 4.78 is 26.4. The smallest absolute Gasteiger partial charge is 0.244 e. The van der Waals surface area contributed by atoms with Crippen LogP contribution < -0.4 is 9.62 Å². The number of hydrogen-bond donors (Lipinski definition) is 1. The van der Waals surface area contributed by atoms with E-state index in [2.05, 4.69) is 5.32 Å². The molecule has 2 rings (SSSR count). The maximum absolute atomic E-state index is 13.0. The predicted octanol–water partition coefficient (Wildman–Crippen LogP) is 3.73. The van der Waals surface area contributed by atoms with Gasteiger partial charge in [0.2, 0.25) is 15.9 Å². The van der Waals surface area contributed by atoms with Gasteiger partial charge in [0.25, 0.3) is 0 Å². The average molecular weight is 389 g/mol. The van der Waals surface area contributed by atoms with Gasteiger partial charge in [-0.25, -0.2) is 8.42 Å². The summed E-state index contributed by atoms with van der Waals surface area (Å²) in [5.41, 5.74) is 3.39. The van der Waals surface area contributed by atoms with Crippen molar-refractivity contribution >= 4 is 21.6 Å². The van der Waals surface area contributed by atoms with Crippen molar-refractivity contribution in [2.24, 2.45) is 0 Å². The number of nitrogens with zero attached hydrogens (tertiary/aromatic N) is 1. The van der Waals surface area contributed by atoms with Gasteiger partial charge in [-0.1, -0.05) is 43.3 Å². The van der Waals surface area contributed by atoms with Crippen LogP contribution >= 0.6 is 0 Å². The number of hydrogen-bond acceptors (Lipinski definition) is 3. The summed E-state index contributed by atoms with van der Waals surface area (Å²) in [7, 11) is -3.64. The molecule has 1 N–H and O–H groups in total. The molecular weight excluding hydrogens is 360 g/mol. The van der Waals surface area contributed by atoms with E-state index in [9.17, 15) is 13.2 Å². The van der Waals surface area contributed by atoms with Gasteiger partial charge in [-0.2, -0.15) is 0 Å². The summed E-state index contributed by atoms with van der Waals surface area (Å²) in [5.74, 6) is -0.307. The van der Waals surface area contributed by atoms with Crippen molar-refractivity contribution in [2.45, 2.75) is 46.2 Å². The van der Waals surface area contributed by atoms with Gasteiger partial charge in [-0.3, -0.25) is 9.10 Å². The van der Waals surface area contributed by atoms with Gasteiger partial charge in [0.15, 0.2) is 0 Å². The largest absolute Gasteiger partial charge is 0.348 e. The molecule has 0 heterocycles. The van der Waals surface area contributed by atoms with E-state index in [1.54, 1.807) is 12.1 Å². The third-order valence-corrected chi connectivity index (χ3v) is 5.63. The van der Waals surface area contributed by atoms with Crippen molar-refractivity contribution in [3.63, 3.8) is 0 Å². The molecule has 0 bridgehead atoms. The fourth-order valence-corrected chi connectivity index (χ4v) is 4.47. The fourth-order valence-electron chi connectivity index (χ4n) is 3.27. The number of carbonyl (C=O) groups is 1. The highest BCUT2D eigenvalue weighted by molar-refractivity contribution is 7.92. The Kier molecular flexibility index (Phi) is 6.65. The molecule has 1 amide bonds. The lowest BCUT2D eigenvalue weighted by molar-refractivity contribution is -0.122. The lowest BCUT2D eigenvalue weighted by Crippen LogP contribution is -2.49. The van der Waals surface area contributed by atoms with E-state index in [4.69, 9.17) is 0 Å². The highest BCUT2D eigenvalue weighted by atomic mass is 32.2. The molecule has 0 aliphatic carbocycles. The second-order valence-electron chi connectivity index (χ2n) is 6.97. The van der Waals surface area contributed by atoms with Crippen LogP contribution in [0.25, 0.3) is 0 Å². The Morgan fingerprint density at radius 2 is 1.63 bits per heavy atom. The number of anilines is 1. The molecule has 0 spiro atoms. The van der Waals surface area contributed by atoms with E-state index in [1.165, 1.54) is 4.31 Å². The Hall–Kier alpha value is -2.34. The minimum absolute atomic E-state index is 0.214.